The molecule has 7 N–H and O–H groups in total. The first-order chi connectivity index (χ1) is 19.8. The molecule has 1 aliphatic heterocycles. The number of likely N-dealkylation sites (tertiary alicyclic amines) is 1. The zero-order valence-corrected chi connectivity index (χ0v) is 24.7. The minimum absolute atomic E-state index is 0.0320. The maximum absolute atomic E-state index is 13.7. The van der Waals surface area contributed by atoms with E-state index in [1.807, 2.05) is 16.9 Å². The molecule has 1 saturated heterocycles. The Labute approximate surface area is 245 Å². The first kappa shape index (κ1) is 31.6. The highest BCUT2D eigenvalue weighted by Crippen LogP contribution is 2.28. The van der Waals surface area contributed by atoms with E-state index in [0.717, 1.165) is 18.2 Å². The van der Waals surface area contributed by atoms with Gasteiger partial charge in [-0.1, -0.05) is 30.3 Å². The lowest BCUT2D eigenvalue weighted by Gasteiger charge is -2.33. The average molecular weight is 624 g/mol. The number of guanidine groups is 1. The number of carbonyl (C=O) groups is 2. The molecule has 0 spiro atoms. The van der Waals surface area contributed by atoms with Gasteiger partial charge in [0.2, 0.25) is 21.8 Å². The molecule has 230 valence electrons. The van der Waals surface area contributed by atoms with Crippen molar-refractivity contribution in [1.29, 1.82) is 5.41 Å². The summed E-state index contributed by atoms with van der Waals surface area (Å²) in [5, 5.41) is 12.0. The van der Waals surface area contributed by atoms with E-state index in [1.165, 1.54) is 17.0 Å². The molecule has 0 unspecified atom stereocenters. The Hall–Kier alpha value is -3.31. The number of hydrogen-bond acceptors (Lipinski definition) is 7. The van der Waals surface area contributed by atoms with Gasteiger partial charge in [0.15, 0.2) is 5.96 Å². The number of hydrogen-bond donors (Lipinski definition) is 6. The number of nitrogens with two attached hydrogens (primary N) is 1. The fourth-order valence-corrected chi connectivity index (χ4v) is 6.66. The molecular formula is C26H37N7O7S2. The van der Waals surface area contributed by atoms with Gasteiger partial charge in [-0.2, -0.15) is 17.9 Å². The van der Waals surface area contributed by atoms with Crippen LogP contribution in [-0.2, 0) is 29.9 Å². The van der Waals surface area contributed by atoms with E-state index in [-0.39, 0.29) is 42.4 Å². The topological polar surface area (TPSA) is 215 Å². The van der Waals surface area contributed by atoms with Crippen LogP contribution >= 0.6 is 0 Å². The first-order valence-electron chi connectivity index (χ1n) is 13.7. The molecule has 0 aromatic heterocycles. The smallest absolute Gasteiger partial charge is 0.333 e. The van der Waals surface area contributed by atoms with Gasteiger partial charge in [0.25, 0.3) is 0 Å². The third-order valence-electron chi connectivity index (χ3n) is 7.37. The summed E-state index contributed by atoms with van der Waals surface area (Å²) >= 11 is 0. The Morgan fingerprint density at radius 2 is 1.81 bits per heavy atom. The Balaban J connectivity index is 1.51. The quantitative estimate of drug-likeness (QED) is 0.100. The molecule has 4 rings (SSSR count). The van der Waals surface area contributed by atoms with Crippen molar-refractivity contribution in [2.75, 3.05) is 32.7 Å². The van der Waals surface area contributed by atoms with E-state index < -0.39 is 44.6 Å². The summed E-state index contributed by atoms with van der Waals surface area (Å²) in [7, 11) is -8.74. The summed E-state index contributed by atoms with van der Waals surface area (Å²) in [6, 6.07) is 10.1. The number of carbonyl (C=O) groups excluding carboxylic acids is 2. The van der Waals surface area contributed by atoms with E-state index in [9.17, 15) is 26.4 Å². The minimum atomic E-state index is -4.49. The Morgan fingerprint density at radius 1 is 1.10 bits per heavy atom. The molecular weight excluding hydrogens is 586 g/mol. The number of fused-ring (bicyclic) bond motifs is 1. The molecule has 1 saturated carbocycles. The summed E-state index contributed by atoms with van der Waals surface area (Å²) in [4.78, 5) is 29.7. The van der Waals surface area contributed by atoms with Gasteiger partial charge in [-0.05, 0) is 54.5 Å². The van der Waals surface area contributed by atoms with Crippen molar-refractivity contribution >= 4 is 48.9 Å². The summed E-state index contributed by atoms with van der Waals surface area (Å²) in [5.74, 6) is -1.22. The molecule has 1 aliphatic carbocycles. The molecule has 1 heterocycles. The van der Waals surface area contributed by atoms with Crippen LogP contribution in [-0.4, -0.2) is 93.8 Å². The lowest BCUT2D eigenvalue weighted by molar-refractivity contribution is -0.136. The summed E-state index contributed by atoms with van der Waals surface area (Å²) in [6.07, 6.45) is 2.42. The number of nitrogens with zero attached hydrogens (tertiary/aromatic N) is 2. The van der Waals surface area contributed by atoms with Crippen LogP contribution in [0.4, 0.5) is 0 Å². The van der Waals surface area contributed by atoms with Gasteiger partial charge in [-0.15, -0.1) is 0 Å². The Morgan fingerprint density at radius 3 is 2.48 bits per heavy atom. The normalized spacial score (nSPS) is 18.4. The lowest BCUT2D eigenvalue weighted by atomic mass is 9.98. The van der Waals surface area contributed by atoms with E-state index in [1.54, 1.807) is 23.1 Å². The maximum Gasteiger partial charge on any atom is 0.333 e. The van der Waals surface area contributed by atoms with Gasteiger partial charge in [0.1, 0.15) is 6.04 Å². The van der Waals surface area contributed by atoms with Crippen LogP contribution in [0.5, 0.6) is 0 Å². The Bertz CT molecular complexity index is 1530. The van der Waals surface area contributed by atoms with Crippen LogP contribution in [0.2, 0.25) is 0 Å². The number of benzene rings is 2. The molecule has 2 aromatic rings. The van der Waals surface area contributed by atoms with Crippen LogP contribution in [0.25, 0.3) is 10.8 Å². The van der Waals surface area contributed by atoms with Crippen LogP contribution in [0.15, 0.2) is 47.4 Å². The van der Waals surface area contributed by atoms with Gasteiger partial charge in [-0.25, -0.2) is 8.42 Å². The van der Waals surface area contributed by atoms with Crippen LogP contribution in [0, 0.1) is 11.3 Å². The number of sulfonamides is 1. The van der Waals surface area contributed by atoms with Gasteiger partial charge < -0.3 is 20.9 Å². The molecule has 16 heteroatoms. The second-order valence-electron chi connectivity index (χ2n) is 10.7. The molecule has 0 radical (unpaired) electrons. The molecule has 2 aromatic carbocycles. The van der Waals surface area contributed by atoms with Gasteiger partial charge in [0.05, 0.1) is 11.3 Å². The van der Waals surface area contributed by atoms with Gasteiger partial charge >= 0.3 is 10.3 Å². The van der Waals surface area contributed by atoms with Crippen molar-refractivity contribution in [3.8, 4) is 0 Å². The van der Waals surface area contributed by atoms with E-state index in [4.69, 9.17) is 15.7 Å². The zero-order valence-electron chi connectivity index (χ0n) is 23.0. The van der Waals surface area contributed by atoms with Crippen molar-refractivity contribution in [3.63, 3.8) is 0 Å². The number of nitrogens with one attached hydrogen (secondary N) is 4. The van der Waals surface area contributed by atoms with Crippen LogP contribution in [0.3, 0.4) is 0 Å². The van der Waals surface area contributed by atoms with Gasteiger partial charge in [0, 0.05) is 38.8 Å². The third kappa shape index (κ3) is 8.84. The fourth-order valence-electron chi connectivity index (χ4n) is 5.09. The summed E-state index contributed by atoms with van der Waals surface area (Å²) in [5.41, 5.74) is 5.60. The van der Waals surface area contributed by atoms with Gasteiger partial charge in [-0.3, -0.25) is 19.6 Å². The number of amides is 2. The molecule has 42 heavy (non-hydrogen) atoms. The van der Waals surface area contributed by atoms with E-state index >= 15 is 0 Å². The molecule has 0 bridgehead atoms. The number of piperidine rings is 1. The lowest BCUT2D eigenvalue weighted by Crippen LogP contribution is -2.53. The van der Waals surface area contributed by atoms with Crippen LogP contribution in [0.1, 0.15) is 32.1 Å². The van der Waals surface area contributed by atoms with E-state index in [2.05, 4.69) is 10.0 Å². The fraction of sp³-hybridized carbons (Fsp3) is 0.500. The van der Waals surface area contributed by atoms with Crippen molar-refractivity contribution in [2.45, 2.75) is 49.1 Å². The minimum Gasteiger partial charge on any atom is -0.370 e. The summed E-state index contributed by atoms with van der Waals surface area (Å²) < 4.78 is 62.5. The monoisotopic (exact) mass is 623 g/mol. The highest BCUT2D eigenvalue weighted by Gasteiger charge is 2.38. The third-order valence-corrected chi connectivity index (χ3v) is 9.41. The highest BCUT2D eigenvalue weighted by molar-refractivity contribution is 7.89. The van der Waals surface area contributed by atoms with E-state index in [0.29, 0.717) is 31.3 Å². The first-order valence-corrected chi connectivity index (χ1v) is 16.6. The second-order valence-corrected chi connectivity index (χ2v) is 13.6. The number of rotatable bonds is 13. The SMILES string of the molecule is N=C(N)N1CCC[C@@H](CNC(=O)C[C@H](NS(=O)(=O)c2ccc3ccccc3c2)C(=O)N(CCNS(=O)(=O)O)C2CC2)C1. The highest BCUT2D eigenvalue weighted by atomic mass is 32.2. The molecule has 14 nitrogen and oxygen atoms in total. The van der Waals surface area contributed by atoms with Crippen LogP contribution < -0.4 is 20.5 Å². The Kier molecular flexibility index (Phi) is 10.0. The largest absolute Gasteiger partial charge is 0.370 e. The van der Waals surface area contributed by atoms with Crippen molar-refractivity contribution in [3.05, 3.63) is 42.5 Å². The molecule has 2 aliphatic rings. The summed E-state index contributed by atoms with van der Waals surface area (Å²) in [6.45, 7) is 1.03. The zero-order chi connectivity index (χ0) is 30.5. The predicted octanol–water partition coefficient (Wildman–Crippen LogP) is -0.0181. The standard InChI is InChI=1S/C26H37N7O7S2/c27-26(28)32-12-3-4-18(17-32)16-29-24(34)15-23(25(35)33(21-8-9-21)13-11-30-42(38,39)40)31-41(36,37)22-10-7-19-5-1-2-6-20(19)14-22/h1-2,5-7,10,14,18,21,23,30-31H,3-4,8-9,11-13,15-17H2,(H3,27,28)(H,29,34)(H,38,39,40)/t18-,23-/m0/s1. The second kappa shape index (κ2) is 13.3. The molecule has 2 fully saturated rings. The predicted molar refractivity (Wildman–Crippen MR) is 156 cm³/mol. The van der Waals surface area contributed by atoms with Crippen molar-refractivity contribution in [1.82, 2.24) is 24.6 Å². The molecule has 2 amide bonds. The van der Waals surface area contributed by atoms with Crippen molar-refractivity contribution < 1.29 is 31.0 Å². The maximum atomic E-state index is 13.7. The van der Waals surface area contributed by atoms with Crippen molar-refractivity contribution in [2.24, 2.45) is 11.7 Å². The average Bonchev–Trinajstić information content (AvgIpc) is 3.78. The molecule has 2 atom stereocenters.